The first-order chi connectivity index (χ1) is 12.2. The largest absolute Gasteiger partial charge is 0.368 e. The van der Waals surface area contributed by atoms with Gasteiger partial charge in [-0.3, -0.25) is 4.79 Å². The molecular weight excluding hydrogens is 312 g/mol. The minimum atomic E-state index is -0.263. The number of rotatable bonds is 6. The molecule has 0 bridgehead atoms. The monoisotopic (exact) mass is 334 g/mol. The van der Waals surface area contributed by atoms with E-state index in [1.807, 2.05) is 48.5 Å². The van der Waals surface area contributed by atoms with E-state index in [0.29, 0.717) is 17.0 Å². The van der Waals surface area contributed by atoms with Crippen molar-refractivity contribution < 1.29 is 4.79 Å². The number of anilines is 2. The van der Waals surface area contributed by atoms with E-state index in [1.54, 1.807) is 0 Å². The second-order valence-electron chi connectivity index (χ2n) is 5.84. The zero-order chi connectivity index (χ0) is 17.6. The highest BCUT2D eigenvalue weighted by Gasteiger charge is 2.16. The Labute approximate surface area is 147 Å². The molecule has 3 rings (SSSR count). The standard InChI is InChI=1S/C20H22N4O/c1-3-13-21-19-18(23-16-7-5-6-8-17(16)24-19)20(25)22-15-11-9-14(4-2)10-12-15/h5-12H,3-4,13H2,1-2H3,(H,21,24)(H,22,25). The third-order valence-corrected chi connectivity index (χ3v) is 3.95. The predicted octanol–water partition coefficient (Wildman–Crippen LogP) is 4.27. The van der Waals surface area contributed by atoms with Crippen LogP contribution in [0.1, 0.15) is 36.3 Å². The van der Waals surface area contributed by atoms with E-state index in [2.05, 4.69) is 34.4 Å². The first kappa shape index (κ1) is 16.9. The quantitative estimate of drug-likeness (QED) is 0.706. The normalized spacial score (nSPS) is 10.6. The van der Waals surface area contributed by atoms with Crippen molar-refractivity contribution in [3.8, 4) is 0 Å². The molecule has 2 aromatic carbocycles. The van der Waals surface area contributed by atoms with Crippen molar-refractivity contribution in [2.45, 2.75) is 26.7 Å². The van der Waals surface area contributed by atoms with Crippen molar-refractivity contribution in [1.82, 2.24) is 9.97 Å². The molecule has 1 amide bonds. The number of benzene rings is 2. The summed E-state index contributed by atoms with van der Waals surface area (Å²) in [5, 5.41) is 6.12. The second kappa shape index (κ2) is 7.75. The van der Waals surface area contributed by atoms with E-state index < -0.39 is 0 Å². The van der Waals surface area contributed by atoms with Crippen molar-refractivity contribution in [2.75, 3.05) is 17.2 Å². The molecule has 0 unspecified atom stereocenters. The molecule has 128 valence electrons. The SMILES string of the molecule is CCCNc1nc2ccccc2nc1C(=O)Nc1ccc(CC)cc1. The first-order valence-electron chi connectivity index (χ1n) is 8.62. The summed E-state index contributed by atoms with van der Waals surface area (Å²) >= 11 is 0. The molecule has 1 aromatic heterocycles. The van der Waals surface area contributed by atoms with Crippen LogP contribution in [0.25, 0.3) is 11.0 Å². The summed E-state index contributed by atoms with van der Waals surface area (Å²) in [6.07, 6.45) is 1.91. The lowest BCUT2D eigenvalue weighted by molar-refractivity contribution is 0.102. The zero-order valence-electron chi connectivity index (χ0n) is 14.5. The van der Waals surface area contributed by atoms with Gasteiger partial charge in [-0.2, -0.15) is 0 Å². The minimum absolute atomic E-state index is 0.263. The number of amides is 1. The third kappa shape index (κ3) is 3.94. The van der Waals surface area contributed by atoms with E-state index >= 15 is 0 Å². The topological polar surface area (TPSA) is 66.9 Å². The highest BCUT2D eigenvalue weighted by Crippen LogP contribution is 2.19. The average molecular weight is 334 g/mol. The Kier molecular flexibility index (Phi) is 5.23. The Morgan fingerprint density at radius 2 is 1.64 bits per heavy atom. The fourth-order valence-corrected chi connectivity index (χ4v) is 2.54. The Morgan fingerprint density at radius 3 is 2.28 bits per heavy atom. The Hall–Kier alpha value is -2.95. The van der Waals surface area contributed by atoms with Crippen molar-refractivity contribution in [3.63, 3.8) is 0 Å². The van der Waals surface area contributed by atoms with Crippen LogP contribution in [0.5, 0.6) is 0 Å². The van der Waals surface area contributed by atoms with E-state index in [0.717, 1.165) is 30.6 Å². The number of nitrogens with one attached hydrogen (secondary N) is 2. The van der Waals surface area contributed by atoms with Gasteiger partial charge in [0, 0.05) is 12.2 Å². The van der Waals surface area contributed by atoms with Crippen LogP contribution >= 0.6 is 0 Å². The highest BCUT2D eigenvalue weighted by atomic mass is 16.1. The van der Waals surface area contributed by atoms with Gasteiger partial charge in [0.15, 0.2) is 11.5 Å². The van der Waals surface area contributed by atoms with E-state index in [1.165, 1.54) is 5.56 Å². The van der Waals surface area contributed by atoms with Crippen molar-refractivity contribution in [2.24, 2.45) is 0 Å². The average Bonchev–Trinajstić information content (AvgIpc) is 2.66. The van der Waals surface area contributed by atoms with Gasteiger partial charge in [0.2, 0.25) is 0 Å². The Balaban J connectivity index is 1.92. The molecule has 5 nitrogen and oxygen atoms in total. The molecule has 0 radical (unpaired) electrons. The Morgan fingerprint density at radius 1 is 0.960 bits per heavy atom. The molecule has 0 fully saturated rings. The number of carbonyl (C=O) groups is 1. The van der Waals surface area contributed by atoms with Gasteiger partial charge >= 0.3 is 0 Å². The van der Waals surface area contributed by atoms with Gasteiger partial charge in [-0.15, -0.1) is 0 Å². The van der Waals surface area contributed by atoms with E-state index in [9.17, 15) is 4.79 Å². The number of aromatic nitrogens is 2. The van der Waals surface area contributed by atoms with Crippen LogP contribution < -0.4 is 10.6 Å². The van der Waals surface area contributed by atoms with Gasteiger partial charge in [0.05, 0.1) is 11.0 Å². The molecule has 0 saturated carbocycles. The summed E-state index contributed by atoms with van der Waals surface area (Å²) in [4.78, 5) is 21.8. The summed E-state index contributed by atoms with van der Waals surface area (Å²) in [5.41, 5.74) is 3.76. The zero-order valence-corrected chi connectivity index (χ0v) is 14.5. The predicted molar refractivity (Wildman–Crippen MR) is 102 cm³/mol. The summed E-state index contributed by atoms with van der Waals surface area (Å²) < 4.78 is 0. The molecule has 0 aliphatic carbocycles. The molecule has 0 saturated heterocycles. The molecule has 0 aliphatic heterocycles. The van der Waals surface area contributed by atoms with Gasteiger partial charge in [0.25, 0.3) is 5.91 Å². The number of carbonyl (C=O) groups excluding carboxylic acids is 1. The molecule has 5 heteroatoms. The molecule has 25 heavy (non-hydrogen) atoms. The maximum absolute atomic E-state index is 12.7. The molecule has 2 N–H and O–H groups in total. The maximum atomic E-state index is 12.7. The maximum Gasteiger partial charge on any atom is 0.278 e. The van der Waals surface area contributed by atoms with Crippen molar-refractivity contribution in [1.29, 1.82) is 0 Å². The number of hydrogen-bond acceptors (Lipinski definition) is 4. The molecule has 0 spiro atoms. The van der Waals surface area contributed by atoms with E-state index in [-0.39, 0.29) is 5.91 Å². The van der Waals surface area contributed by atoms with Gasteiger partial charge in [-0.05, 0) is 42.7 Å². The lowest BCUT2D eigenvalue weighted by Crippen LogP contribution is -2.18. The fourth-order valence-electron chi connectivity index (χ4n) is 2.54. The smallest absolute Gasteiger partial charge is 0.278 e. The van der Waals surface area contributed by atoms with Crippen molar-refractivity contribution >= 4 is 28.4 Å². The van der Waals surface area contributed by atoms with Gasteiger partial charge in [-0.1, -0.05) is 38.1 Å². The van der Waals surface area contributed by atoms with Crippen LogP contribution in [0, 0.1) is 0 Å². The molecule has 0 aliphatic rings. The van der Waals surface area contributed by atoms with Crippen LogP contribution in [0.4, 0.5) is 11.5 Å². The van der Waals surface area contributed by atoms with Crippen LogP contribution in [0.2, 0.25) is 0 Å². The number of nitrogens with zero attached hydrogens (tertiary/aromatic N) is 2. The Bertz CT molecular complexity index is 875. The van der Waals surface area contributed by atoms with Crippen LogP contribution in [-0.2, 0) is 6.42 Å². The summed E-state index contributed by atoms with van der Waals surface area (Å²) in [6.45, 7) is 4.90. The lowest BCUT2D eigenvalue weighted by Gasteiger charge is -2.12. The first-order valence-corrected chi connectivity index (χ1v) is 8.62. The second-order valence-corrected chi connectivity index (χ2v) is 5.84. The molecule has 3 aromatic rings. The van der Waals surface area contributed by atoms with Gasteiger partial charge in [-0.25, -0.2) is 9.97 Å². The van der Waals surface area contributed by atoms with Crippen LogP contribution in [0.15, 0.2) is 48.5 Å². The molecule has 0 atom stereocenters. The van der Waals surface area contributed by atoms with Crippen LogP contribution in [-0.4, -0.2) is 22.4 Å². The molecular formula is C20H22N4O. The number of hydrogen-bond donors (Lipinski definition) is 2. The molecule has 1 heterocycles. The highest BCUT2D eigenvalue weighted by molar-refractivity contribution is 6.07. The third-order valence-electron chi connectivity index (χ3n) is 3.95. The summed E-state index contributed by atoms with van der Waals surface area (Å²) in [6, 6.07) is 15.4. The van der Waals surface area contributed by atoms with Gasteiger partial charge in [0.1, 0.15) is 0 Å². The van der Waals surface area contributed by atoms with Crippen LogP contribution in [0.3, 0.4) is 0 Å². The number of para-hydroxylation sites is 2. The fraction of sp³-hybridized carbons (Fsp3) is 0.250. The summed E-state index contributed by atoms with van der Waals surface area (Å²) in [5.74, 6) is 0.254. The van der Waals surface area contributed by atoms with Crippen molar-refractivity contribution in [3.05, 3.63) is 59.8 Å². The minimum Gasteiger partial charge on any atom is -0.368 e. The number of aryl methyl sites for hydroxylation is 1. The number of fused-ring (bicyclic) bond motifs is 1. The lowest BCUT2D eigenvalue weighted by atomic mass is 10.1. The van der Waals surface area contributed by atoms with Gasteiger partial charge < -0.3 is 10.6 Å². The summed E-state index contributed by atoms with van der Waals surface area (Å²) in [7, 11) is 0. The van der Waals surface area contributed by atoms with E-state index in [4.69, 9.17) is 0 Å².